The third-order valence-corrected chi connectivity index (χ3v) is 4.37. The molecule has 0 aliphatic carbocycles. The van der Waals surface area contributed by atoms with Crippen molar-refractivity contribution in [2.24, 2.45) is 0 Å². The van der Waals surface area contributed by atoms with E-state index in [1.807, 2.05) is 0 Å². The second-order valence-corrected chi connectivity index (χ2v) is 6.16. The molecule has 0 fully saturated rings. The molecule has 2 aromatic carbocycles. The Labute approximate surface area is 152 Å². The van der Waals surface area contributed by atoms with Gasteiger partial charge in [-0.1, -0.05) is 29.3 Å². The van der Waals surface area contributed by atoms with E-state index in [1.54, 1.807) is 19.1 Å². The second-order valence-electron chi connectivity index (χ2n) is 5.35. The van der Waals surface area contributed by atoms with Crippen molar-refractivity contribution in [2.45, 2.75) is 13.5 Å². The number of benzene rings is 2. The Kier molecular flexibility index (Phi) is 4.70. The predicted octanol–water partition coefficient (Wildman–Crippen LogP) is 4.47. The number of phenolic OH excluding ortho intramolecular Hbond substituents is 1. The number of halogens is 2. The van der Waals surface area contributed by atoms with E-state index in [2.05, 4.69) is 0 Å². The first kappa shape index (κ1) is 17.3. The van der Waals surface area contributed by atoms with Crippen molar-refractivity contribution in [1.82, 2.24) is 0 Å². The molecule has 5 nitrogen and oxygen atoms in total. The molecule has 0 aliphatic heterocycles. The van der Waals surface area contributed by atoms with E-state index in [0.717, 1.165) is 0 Å². The van der Waals surface area contributed by atoms with Crippen molar-refractivity contribution in [2.75, 3.05) is 0 Å². The summed E-state index contributed by atoms with van der Waals surface area (Å²) in [5, 5.41) is 10.7. The second kappa shape index (κ2) is 6.78. The first-order valence-corrected chi connectivity index (χ1v) is 8.00. The Bertz CT molecular complexity index is 1020. The number of phenols is 1. The lowest BCUT2D eigenvalue weighted by molar-refractivity contribution is 0.0474. The SMILES string of the molecule is Cc1c(O)ccc2c(COC(=O)c3c(Cl)cccc3Cl)cc(=O)oc12. The van der Waals surface area contributed by atoms with E-state index in [-0.39, 0.29) is 33.5 Å². The fourth-order valence-corrected chi connectivity index (χ4v) is 3.00. The Morgan fingerprint density at radius 3 is 2.56 bits per heavy atom. The highest BCUT2D eigenvalue weighted by Crippen LogP contribution is 2.29. The number of hydrogen-bond donors (Lipinski definition) is 1. The first-order valence-electron chi connectivity index (χ1n) is 7.25. The Hall–Kier alpha value is -2.50. The monoisotopic (exact) mass is 378 g/mol. The number of carbonyl (C=O) groups is 1. The molecule has 3 aromatic rings. The van der Waals surface area contributed by atoms with Crippen LogP contribution in [0.1, 0.15) is 21.5 Å². The number of aromatic hydroxyl groups is 1. The molecule has 0 bridgehead atoms. The van der Waals surface area contributed by atoms with Crippen LogP contribution >= 0.6 is 23.2 Å². The summed E-state index contributed by atoms with van der Waals surface area (Å²) in [6.07, 6.45) is 0. The van der Waals surface area contributed by atoms with Gasteiger partial charge in [0, 0.05) is 22.6 Å². The summed E-state index contributed by atoms with van der Waals surface area (Å²) in [7, 11) is 0. The summed E-state index contributed by atoms with van der Waals surface area (Å²) in [5.74, 6) is -0.694. The first-order chi connectivity index (χ1) is 11.9. The lowest BCUT2D eigenvalue weighted by Gasteiger charge is -2.10. The smallest absolute Gasteiger partial charge is 0.341 e. The highest BCUT2D eigenvalue weighted by molar-refractivity contribution is 6.39. The summed E-state index contributed by atoms with van der Waals surface area (Å²) in [6, 6.07) is 8.98. The third kappa shape index (κ3) is 3.34. The van der Waals surface area contributed by atoms with Crippen molar-refractivity contribution in [1.29, 1.82) is 0 Å². The van der Waals surface area contributed by atoms with Crippen LogP contribution in [0.4, 0.5) is 0 Å². The summed E-state index contributed by atoms with van der Waals surface area (Å²) in [6.45, 7) is 1.45. The van der Waals surface area contributed by atoms with Crippen LogP contribution in [0, 0.1) is 6.92 Å². The zero-order valence-corrected chi connectivity index (χ0v) is 14.5. The maximum Gasteiger partial charge on any atom is 0.341 e. The highest BCUT2D eigenvalue weighted by Gasteiger charge is 2.17. The molecule has 0 atom stereocenters. The Balaban J connectivity index is 1.95. The number of rotatable bonds is 3. The van der Waals surface area contributed by atoms with Gasteiger partial charge in [-0.15, -0.1) is 0 Å². The largest absolute Gasteiger partial charge is 0.508 e. The van der Waals surface area contributed by atoms with Gasteiger partial charge in [0.25, 0.3) is 0 Å². The molecular formula is C18H12Cl2O5. The van der Waals surface area contributed by atoms with Crippen molar-refractivity contribution >= 4 is 40.1 Å². The quantitative estimate of drug-likeness (QED) is 0.537. The zero-order valence-electron chi connectivity index (χ0n) is 13.0. The van der Waals surface area contributed by atoms with Gasteiger partial charge in [0.2, 0.25) is 0 Å². The van der Waals surface area contributed by atoms with Crippen molar-refractivity contribution in [3.05, 3.63) is 73.6 Å². The van der Waals surface area contributed by atoms with E-state index in [9.17, 15) is 14.7 Å². The summed E-state index contributed by atoms with van der Waals surface area (Å²) in [5.41, 5.74) is 0.576. The van der Waals surface area contributed by atoms with Crippen LogP contribution in [0.3, 0.4) is 0 Å². The van der Waals surface area contributed by atoms with Gasteiger partial charge in [0.05, 0.1) is 15.6 Å². The van der Waals surface area contributed by atoms with Crippen molar-refractivity contribution in [3.8, 4) is 5.75 Å². The predicted molar refractivity (Wildman–Crippen MR) is 94.5 cm³/mol. The van der Waals surface area contributed by atoms with E-state index in [4.69, 9.17) is 32.4 Å². The molecule has 1 N–H and O–H groups in total. The molecule has 0 saturated heterocycles. The molecule has 0 spiro atoms. The molecular weight excluding hydrogens is 367 g/mol. The molecule has 0 radical (unpaired) electrons. The van der Waals surface area contributed by atoms with Gasteiger partial charge in [-0.3, -0.25) is 0 Å². The van der Waals surface area contributed by atoms with E-state index in [1.165, 1.54) is 24.3 Å². The summed E-state index contributed by atoms with van der Waals surface area (Å²) < 4.78 is 10.4. The number of esters is 1. The van der Waals surface area contributed by atoms with Gasteiger partial charge >= 0.3 is 11.6 Å². The molecule has 128 valence electrons. The lowest BCUT2D eigenvalue weighted by atomic mass is 10.1. The molecule has 1 heterocycles. The number of ether oxygens (including phenoxy) is 1. The standard InChI is InChI=1S/C18H12Cl2O5/c1-9-14(21)6-5-11-10(7-15(22)25-17(9)11)8-24-18(23)16-12(19)3-2-4-13(16)20/h2-7,21H,8H2,1H3. The van der Waals surface area contributed by atoms with Crippen LogP contribution in [-0.4, -0.2) is 11.1 Å². The van der Waals surface area contributed by atoms with Crippen LogP contribution in [0.5, 0.6) is 5.75 Å². The molecule has 0 unspecified atom stereocenters. The van der Waals surface area contributed by atoms with Crippen LogP contribution in [0.2, 0.25) is 10.0 Å². The fraction of sp³-hybridized carbons (Fsp3) is 0.111. The highest BCUT2D eigenvalue weighted by atomic mass is 35.5. The normalized spacial score (nSPS) is 10.8. The average Bonchev–Trinajstić information content (AvgIpc) is 2.56. The topological polar surface area (TPSA) is 76.7 Å². The van der Waals surface area contributed by atoms with Crippen LogP contribution < -0.4 is 5.63 Å². The fourth-order valence-electron chi connectivity index (χ4n) is 2.44. The molecule has 0 amide bonds. The molecule has 7 heteroatoms. The maximum atomic E-state index is 12.3. The summed E-state index contributed by atoms with van der Waals surface area (Å²) in [4.78, 5) is 24.0. The number of fused-ring (bicyclic) bond motifs is 1. The van der Waals surface area contributed by atoms with Gasteiger partial charge < -0.3 is 14.3 Å². The number of hydrogen-bond acceptors (Lipinski definition) is 5. The number of aryl methyl sites for hydroxylation is 1. The van der Waals surface area contributed by atoms with Gasteiger partial charge in [-0.05, 0) is 31.2 Å². The molecule has 25 heavy (non-hydrogen) atoms. The minimum absolute atomic E-state index is 0.00708. The van der Waals surface area contributed by atoms with Crippen molar-refractivity contribution < 1.29 is 19.1 Å². The lowest BCUT2D eigenvalue weighted by Crippen LogP contribution is -2.09. The minimum atomic E-state index is -0.701. The molecule has 1 aromatic heterocycles. The van der Waals surface area contributed by atoms with E-state index >= 15 is 0 Å². The zero-order chi connectivity index (χ0) is 18.1. The van der Waals surface area contributed by atoms with Gasteiger partial charge in [0.15, 0.2) is 0 Å². The maximum absolute atomic E-state index is 12.3. The minimum Gasteiger partial charge on any atom is -0.508 e. The van der Waals surface area contributed by atoms with E-state index in [0.29, 0.717) is 16.5 Å². The number of carbonyl (C=O) groups excluding carboxylic acids is 1. The molecule has 3 rings (SSSR count). The van der Waals surface area contributed by atoms with Crippen LogP contribution in [0.25, 0.3) is 11.0 Å². The van der Waals surface area contributed by atoms with Gasteiger partial charge in [0.1, 0.15) is 17.9 Å². The third-order valence-electron chi connectivity index (χ3n) is 3.74. The van der Waals surface area contributed by atoms with E-state index < -0.39 is 11.6 Å². The average molecular weight is 379 g/mol. The Morgan fingerprint density at radius 1 is 1.20 bits per heavy atom. The van der Waals surface area contributed by atoms with Crippen LogP contribution in [0.15, 0.2) is 45.6 Å². The van der Waals surface area contributed by atoms with Crippen LogP contribution in [-0.2, 0) is 11.3 Å². The van der Waals surface area contributed by atoms with Crippen molar-refractivity contribution in [3.63, 3.8) is 0 Å². The Morgan fingerprint density at radius 2 is 1.88 bits per heavy atom. The van der Waals surface area contributed by atoms with Gasteiger partial charge in [-0.2, -0.15) is 0 Å². The van der Waals surface area contributed by atoms with Gasteiger partial charge in [-0.25, -0.2) is 9.59 Å². The molecule has 0 aliphatic rings. The summed E-state index contributed by atoms with van der Waals surface area (Å²) >= 11 is 12.0. The molecule has 0 saturated carbocycles.